The highest BCUT2D eigenvalue weighted by Gasteiger charge is 2.70. The fraction of sp³-hybridized carbons (Fsp3) is 0.931. The molecule has 5 heterocycles. The Balaban J connectivity index is 0.884. The third-order valence-corrected chi connectivity index (χ3v) is 22.6. The van der Waals surface area contributed by atoms with E-state index in [0.29, 0.717) is 38.5 Å². The minimum Gasteiger partial charge on any atom is -0.467 e. The summed E-state index contributed by atoms with van der Waals surface area (Å²) in [6.07, 6.45) is -23.8. The van der Waals surface area contributed by atoms with Gasteiger partial charge in [-0.3, -0.25) is 4.79 Å². The van der Waals surface area contributed by atoms with Crippen LogP contribution in [-0.4, -0.2) is 241 Å². The molecule has 0 radical (unpaired) electrons. The number of methoxy groups -OCH3 is 1. The second-order valence-corrected chi connectivity index (χ2v) is 28.1. The minimum atomic E-state index is -2.15. The summed E-state index contributed by atoms with van der Waals surface area (Å²) in [5.41, 5.74) is -3.32. The number of carbonyl (C=O) groups is 2. The van der Waals surface area contributed by atoms with Gasteiger partial charge in [-0.05, 0) is 116 Å². The fourth-order valence-corrected chi connectivity index (χ4v) is 17.2. The molecule has 29 unspecified atom stereocenters. The van der Waals surface area contributed by atoms with Crippen molar-refractivity contribution in [1.82, 2.24) is 0 Å². The number of aliphatic hydroxyl groups is 12. The minimum absolute atomic E-state index is 0.152. The maximum absolute atomic E-state index is 15.5. The number of hydrogen-bond donors (Lipinski definition) is 12. The molecule has 83 heavy (non-hydrogen) atoms. The highest BCUT2D eigenvalue weighted by atomic mass is 16.8. The molecular weight excluding hydrogens is 1100 g/mol. The Bertz CT molecular complexity index is 2380. The van der Waals surface area contributed by atoms with Gasteiger partial charge in [0.15, 0.2) is 37.4 Å². The quantitative estimate of drug-likeness (QED) is 0.0628. The van der Waals surface area contributed by atoms with Gasteiger partial charge in [0.25, 0.3) is 0 Å². The first-order valence-electron chi connectivity index (χ1n) is 29.7. The Morgan fingerprint density at radius 1 is 0.627 bits per heavy atom. The molecule has 474 valence electrons. The van der Waals surface area contributed by atoms with Gasteiger partial charge in [-0.15, -0.1) is 0 Å². The molecule has 0 aromatic rings. The molecule has 5 aliphatic carbocycles. The zero-order valence-electron chi connectivity index (χ0n) is 49.0. The van der Waals surface area contributed by atoms with Crippen molar-refractivity contribution in [3.63, 3.8) is 0 Å². The van der Waals surface area contributed by atoms with Crippen molar-refractivity contribution in [3.05, 3.63) is 11.6 Å². The second-order valence-electron chi connectivity index (χ2n) is 28.1. The Morgan fingerprint density at radius 2 is 1.25 bits per heavy atom. The van der Waals surface area contributed by atoms with Crippen molar-refractivity contribution >= 4 is 11.9 Å². The predicted molar refractivity (Wildman–Crippen MR) is 281 cm³/mol. The van der Waals surface area contributed by atoms with Crippen LogP contribution >= 0.6 is 0 Å². The molecule has 9 fully saturated rings. The van der Waals surface area contributed by atoms with Crippen molar-refractivity contribution in [2.24, 2.45) is 50.2 Å². The summed E-state index contributed by atoms with van der Waals surface area (Å²) < 4.78 is 65.2. The lowest BCUT2D eigenvalue weighted by molar-refractivity contribution is -0.381. The predicted octanol–water partition coefficient (Wildman–Crippen LogP) is -1.08. The number of allylic oxidation sites excluding steroid dienone is 2. The van der Waals surface area contributed by atoms with Gasteiger partial charge in [-0.1, -0.05) is 60.1 Å². The normalized spacial score (nSPS) is 53.1. The number of carbonyl (C=O) groups excluding carboxylic acids is 2. The van der Waals surface area contributed by atoms with Crippen molar-refractivity contribution < 1.29 is 123 Å². The molecule has 29 atom stereocenters. The molecule has 0 bridgehead atoms. The van der Waals surface area contributed by atoms with Crippen LogP contribution in [0.2, 0.25) is 0 Å². The molecule has 10 aliphatic rings. The van der Waals surface area contributed by atoms with E-state index in [0.717, 1.165) is 32.8 Å². The molecular formula is C58H92O25. The maximum Gasteiger partial charge on any atom is 0.337 e. The summed E-state index contributed by atoms with van der Waals surface area (Å²) in [5, 5.41) is 130. The van der Waals surface area contributed by atoms with Crippen LogP contribution in [0.1, 0.15) is 120 Å². The molecule has 0 amide bonds. The number of hydrogen-bond acceptors (Lipinski definition) is 25. The van der Waals surface area contributed by atoms with E-state index in [4.69, 9.17) is 52.1 Å². The summed E-state index contributed by atoms with van der Waals surface area (Å²) in [6, 6.07) is 0. The van der Waals surface area contributed by atoms with Crippen molar-refractivity contribution in [3.8, 4) is 0 Å². The van der Waals surface area contributed by atoms with Gasteiger partial charge in [0.1, 0.15) is 78.8 Å². The van der Waals surface area contributed by atoms with Crippen LogP contribution in [0, 0.1) is 50.2 Å². The van der Waals surface area contributed by atoms with E-state index in [-0.39, 0.29) is 39.4 Å². The SMILES string of the molecule is COC(=O)C1OC(OC2CCC3(C)C(CCC4(C)C3CC=C3C5CC(C)(C)CCC5(C(=O)OC5OCC(O)C(O)C5OC5OC(C)C(OC6OCC(O)C(O)C6O)C(OC6OCC(O)(CO)C6O)C5O)CCC34C)C2(C)C)C(O)C(O)C1O. The first-order chi connectivity index (χ1) is 38.8. The van der Waals surface area contributed by atoms with Crippen LogP contribution in [0.3, 0.4) is 0 Å². The summed E-state index contributed by atoms with van der Waals surface area (Å²) in [5.74, 6) is -1.33. The van der Waals surface area contributed by atoms with Crippen LogP contribution in [0.4, 0.5) is 0 Å². The zero-order chi connectivity index (χ0) is 60.5. The molecule has 0 aromatic carbocycles. The van der Waals surface area contributed by atoms with Crippen molar-refractivity contribution in [2.75, 3.05) is 33.5 Å². The largest absolute Gasteiger partial charge is 0.467 e. The monoisotopic (exact) mass is 1190 g/mol. The van der Waals surface area contributed by atoms with Crippen molar-refractivity contribution in [1.29, 1.82) is 0 Å². The van der Waals surface area contributed by atoms with E-state index in [1.54, 1.807) is 0 Å². The van der Waals surface area contributed by atoms with Gasteiger partial charge in [0.05, 0.1) is 51.2 Å². The number of esters is 2. The molecule has 4 saturated carbocycles. The van der Waals surface area contributed by atoms with Crippen molar-refractivity contribution in [2.45, 2.75) is 254 Å². The second kappa shape index (κ2) is 23.0. The molecule has 10 rings (SSSR count). The molecule has 5 aliphatic heterocycles. The maximum atomic E-state index is 15.5. The smallest absolute Gasteiger partial charge is 0.337 e. The van der Waals surface area contributed by atoms with Gasteiger partial charge < -0.3 is 113 Å². The standard InChI is InChI=1S/C58H92O25/c1-25-40(79-46-37(66)33(62)28(60)21-74-46)41(80-50-44(69)58(72,23-59)24-76-50)39(68)48(77-25)82-43-34(63)29(61)22-75-49(43)83-51(71)57-18-16-52(2,3)20-27(57)26-10-11-31-54(6)14-13-32(78-47-38(67)35(64)36(65)42(81-47)45(70)73-9)53(4,5)30(54)12-15-56(31,8)55(26,7)17-19-57/h10,25,27-44,46-50,59-69,72H,11-24H2,1-9H3. The number of rotatable bonds is 12. The number of fused-ring (bicyclic) bond motifs is 7. The Kier molecular flexibility index (Phi) is 17.7. The van der Waals surface area contributed by atoms with E-state index >= 15 is 4.79 Å². The molecule has 25 nitrogen and oxygen atoms in total. The molecule has 0 spiro atoms. The Hall–Kier alpha value is -2.16. The van der Waals surface area contributed by atoms with Gasteiger partial charge >= 0.3 is 11.9 Å². The summed E-state index contributed by atoms with van der Waals surface area (Å²) in [6.45, 7) is 15.1. The zero-order valence-corrected chi connectivity index (χ0v) is 49.0. The highest BCUT2D eigenvalue weighted by molar-refractivity contribution is 5.79. The van der Waals surface area contributed by atoms with E-state index in [1.807, 2.05) is 0 Å². The van der Waals surface area contributed by atoms with Gasteiger partial charge in [0, 0.05) is 0 Å². The molecule has 5 saturated heterocycles. The lowest BCUT2D eigenvalue weighted by Gasteiger charge is -2.71. The van der Waals surface area contributed by atoms with Gasteiger partial charge in [0.2, 0.25) is 6.29 Å². The lowest BCUT2D eigenvalue weighted by Crippen LogP contribution is -2.66. The average Bonchev–Trinajstić information content (AvgIpc) is 1.48. The van der Waals surface area contributed by atoms with Crippen LogP contribution in [0.5, 0.6) is 0 Å². The van der Waals surface area contributed by atoms with Crippen LogP contribution in [0.15, 0.2) is 11.6 Å². The first kappa shape index (κ1) is 63.8. The van der Waals surface area contributed by atoms with Crippen LogP contribution in [-0.2, 0) is 61.7 Å². The fourth-order valence-electron chi connectivity index (χ4n) is 17.2. The molecule has 12 N–H and O–H groups in total. The number of aliphatic hydroxyl groups excluding tert-OH is 11. The summed E-state index contributed by atoms with van der Waals surface area (Å²) >= 11 is 0. The van der Waals surface area contributed by atoms with Gasteiger partial charge in [-0.2, -0.15) is 0 Å². The van der Waals surface area contributed by atoms with E-state index in [2.05, 4.69) is 54.5 Å². The third-order valence-electron chi connectivity index (χ3n) is 22.6. The first-order valence-corrected chi connectivity index (χ1v) is 29.7. The molecule has 0 aromatic heterocycles. The van der Waals surface area contributed by atoms with E-state index in [1.165, 1.54) is 12.5 Å². The molecule has 25 heteroatoms. The lowest BCUT2D eigenvalue weighted by atomic mass is 9.33. The van der Waals surface area contributed by atoms with Crippen LogP contribution < -0.4 is 0 Å². The average molecular weight is 1190 g/mol. The summed E-state index contributed by atoms with van der Waals surface area (Å²) in [7, 11) is 1.15. The van der Waals surface area contributed by atoms with Gasteiger partial charge in [-0.25, -0.2) is 4.79 Å². The van der Waals surface area contributed by atoms with E-state index < -0.39 is 184 Å². The van der Waals surface area contributed by atoms with Crippen LogP contribution in [0.25, 0.3) is 0 Å². The van der Waals surface area contributed by atoms with E-state index in [9.17, 15) is 66.1 Å². The topological polar surface area (TPSA) is 378 Å². The Morgan fingerprint density at radius 3 is 1.93 bits per heavy atom. The highest BCUT2D eigenvalue weighted by Crippen LogP contribution is 2.76. The Labute approximate surface area is 483 Å². The third kappa shape index (κ3) is 10.6. The summed E-state index contributed by atoms with van der Waals surface area (Å²) in [4.78, 5) is 28.1. The number of ether oxygens (including phenoxy) is 11.